The summed E-state index contributed by atoms with van der Waals surface area (Å²) in [7, 11) is 0. The molecule has 0 spiro atoms. The Kier molecular flexibility index (Phi) is 5.28. The maximum absolute atomic E-state index is 12.7. The van der Waals surface area contributed by atoms with Crippen LogP contribution in [0, 0.1) is 11.3 Å². The smallest absolute Gasteiger partial charge is 0.406 e. The summed E-state index contributed by atoms with van der Waals surface area (Å²) in [6.07, 6.45) is -3.39. The maximum atomic E-state index is 12.7. The fraction of sp³-hybridized carbons (Fsp3) is 0.857. The topological polar surface area (TPSA) is 46.6 Å². The molecule has 0 bridgehead atoms. The van der Waals surface area contributed by atoms with Gasteiger partial charge in [0.05, 0.1) is 6.61 Å². The first-order chi connectivity index (χ1) is 9.47. The van der Waals surface area contributed by atoms with Crippen molar-refractivity contribution in [1.29, 1.82) is 0 Å². The van der Waals surface area contributed by atoms with Crippen molar-refractivity contribution >= 4 is 11.9 Å². The van der Waals surface area contributed by atoms with Gasteiger partial charge in [-0.05, 0) is 25.2 Å². The Labute approximate surface area is 122 Å². The van der Waals surface area contributed by atoms with Gasteiger partial charge in [0.1, 0.15) is 12.5 Å². The SMILES string of the molecule is CCOC(=O)C(C(=O)N(CC(F)(F)F)C1CC1)C(C)(C)C. The van der Waals surface area contributed by atoms with Crippen molar-refractivity contribution in [3.63, 3.8) is 0 Å². The monoisotopic (exact) mass is 309 g/mol. The van der Waals surface area contributed by atoms with Crippen LogP contribution in [0.15, 0.2) is 0 Å². The fourth-order valence-electron chi connectivity index (χ4n) is 2.18. The van der Waals surface area contributed by atoms with E-state index in [1.807, 2.05) is 0 Å². The molecule has 1 saturated carbocycles. The Hall–Kier alpha value is -1.27. The summed E-state index contributed by atoms with van der Waals surface area (Å²) >= 11 is 0. The zero-order chi connectivity index (χ0) is 16.4. The van der Waals surface area contributed by atoms with Gasteiger partial charge in [-0.15, -0.1) is 0 Å². The summed E-state index contributed by atoms with van der Waals surface area (Å²) in [5.41, 5.74) is -0.803. The normalized spacial score (nSPS) is 17.3. The standard InChI is InChI=1S/C14H22F3NO3/c1-5-21-12(20)10(13(2,3)4)11(19)18(9-6-7-9)8-14(15,16)17/h9-10H,5-8H2,1-4H3. The number of rotatable bonds is 5. The Bertz CT molecular complexity index is 397. The van der Waals surface area contributed by atoms with Gasteiger partial charge in [0.15, 0.2) is 0 Å². The maximum Gasteiger partial charge on any atom is 0.406 e. The molecule has 1 aliphatic rings. The molecular formula is C14H22F3NO3. The molecule has 4 nitrogen and oxygen atoms in total. The first-order valence-corrected chi connectivity index (χ1v) is 7.01. The third-order valence-corrected chi connectivity index (χ3v) is 3.26. The van der Waals surface area contributed by atoms with Crippen LogP contribution >= 0.6 is 0 Å². The lowest BCUT2D eigenvalue weighted by molar-refractivity contribution is -0.174. The van der Waals surface area contributed by atoms with Crippen molar-refractivity contribution in [3.05, 3.63) is 0 Å². The molecule has 0 aromatic heterocycles. The van der Waals surface area contributed by atoms with E-state index < -0.39 is 42.0 Å². The molecule has 0 saturated heterocycles. The van der Waals surface area contributed by atoms with E-state index >= 15 is 0 Å². The number of esters is 1. The molecule has 7 heteroatoms. The highest BCUT2D eigenvalue weighted by Crippen LogP contribution is 2.35. The molecule has 122 valence electrons. The highest BCUT2D eigenvalue weighted by atomic mass is 19.4. The quantitative estimate of drug-likeness (QED) is 0.579. The molecule has 0 radical (unpaired) electrons. The van der Waals surface area contributed by atoms with Crippen LogP contribution in [0.4, 0.5) is 13.2 Å². The minimum absolute atomic E-state index is 0.0847. The number of halogens is 3. The van der Waals surface area contributed by atoms with Crippen molar-refractivity contribution in [3.8, 4) is 0 Å². The Morgan fingerprint density at radius 1 is 1.24 bits per heavy atom. The second kappa shape index (κ2) is 6.23. The van der Waals surface area contributed by atoms with Crippen molar-refractivity contribution in [2.45, 2.75) is 52.8 Å². The van der Waals surface area contributed by atoms with Crippen LogP contribution in [0.2, 0.25) is 0 Å². The minimum atomic E-state index is -4.48. The minimum Gasteiger partial charge on any atom is -0.465 e. The number of nitrogens with zero attached hydrogens (tertiary/aromatic N) is 1. The number of carbonyl (C=O) groups is 2. The predicted octanol–water partition coefficient (Wildman–Crippen LogP) is 2.77. The highest BCUT2D eigenvalue weighted by molar-refractivity contribution is 5.98. The van der Waals surface area contributed by atoms with E-state index in [1.165, 1.54) is 0 Å². The highest BCUT2D eigenvalue weighted by Gasteiger charge is 2.47. The Balaban J connectivity index is 2.98. The molecule has 1 rings (SSSR count). The molecule has 1 amide bonds. The van der Waals surface area contributed by atoms with Crippen molar-refractivity contribution in [2.75, 3.05) is 13.2 Å². The second-order valence-electron chi connectivity index (χ2n) is 6.36. The third kappa shape index (κ3) is 5.21. The lowest BCUT2D eigenvalue weighted by Crippen LogP contribution is -2.49. The van der Waals surface area contributed by atoms with Crippen molar-refractivity contribution in [2.24, 2.45) is 11.3 Å². The van der Waals surface area contributed by atoms with Gasteiger partial charge in [-0.2, -0.15) is 13.2 Å². The van der Waals surface area contributed by atoms with Crippen LogP contribution in [0.1, 0.15) is 40.5 Å². The zero-order valence-electron chi connectivity index (χ0n) is 12.8. The van der Waals surface area contributed by atoms with Gasteiger partial charge in [-0.3, -0.25) is 9.59 Å². The van der Waals surface area contributed by atoms with Gasteiger partial charge < -0.3 is 9.64 Å². The molecule has 0 aromatic carbocycles. The van der Waals surface area contributed by atoms with Crippen LogP contribution < -0.4 is 0 Å². The second-order valence-corrected chi connectivity index (χ2v) is 6.36. The summed E-state index contributed by atoms with van der Waals surface area (Å²) in [5, 5.41) is 0. The summed E-state index contributed by atoms with van der Waals surface area (Å²) in [6, 6.07) is -0.418. The number of amides is 1. The van der Waals surface area contributed by atoms with Gasteiger partial charge in [0.2, 0.25) is 5.91 Å². The molecule has 0 aliphatic heterocycles. The van der Waals surface area contributed by atoms with E-state index in [0.29, 0.717) is 12.8 Å². The van der Waals surface area contributed by atoms with E-state index in [0.717, 1.165) is 4.90 Å². The number of hydrogen-bond donors (Lipinski definition) is 0. The van der Waals surface area contributed by atoms with Gasteiger partial charge in [0, 0.05) is 6.04 Å². The molecule has 0 aromatic rings. The molecule has 0 heterocycles. The van der Waals surface area contributed by atoms with Gasteiger partial charge >= 0.3 is 12.1 Å². The molecular weight excluding hydrogens is 287 g/mol. The predicted molar refractivity (Wildman–Crippen MR) is 70.4 cm³/mol. The van der Waals surface area contributed by atoms with E-state index in [1.54, 1.807) is 27.7 Å². The summed E-state index contributed by atoms with van der Waals surface area (Å²) in [4.78, 5) is 25.3. The Morgan fingerprint density at radius 3 is 2.10 bits per heavy atom. The molecule has 1 aliphatic carbocycles. The van der Waals surface area contributed by atoms with Crippen LogP contribution in [0.5, 0.6) is 0 Å². The fourth-order valence-corrected chi connectivity index (χ4v) is 2.18. The first kappa shape index (κ1) is 17.8. The average molecular weight is 309 g/mol. The number of ether oxygens (including phenoxy) is 1. The lowest BCUT2D eigenvalue weighted by Gasteiger charge is -2.33. The third-order valence-electron chi connectivity index (χ3n) is 3.26. The number of carbonyl (C=O) groups excluding carboxylic acids is 2. The van der Waals surface area contributed by atoms with Crippen LogP contribution in [-0.4, -0.2) is 42.1 Å². The molecule has 1 atom stereocenters. The van der Waals surface area contributed by atoms with E-state index in [9.17, 15) is 22.8 Å². The number of hydrogen-bond acceptors (Lipinski definition) is 3. The van der Waals surface area contributed by atoms with E-state index in [2.05, 4.69) is 0 Å². The number of alkyl halides is 3. The van der Waals surface area contributed by atoms with E-state index in [-0.39, 0.29) is 6.61 Å². The molecule has 21 heavy (non-hydrogen) atoms. The molecule has 1 unspecified atom stereocenters. The molecule has 0 N–H and O–H groups in total. The summed E-state index contributed by atoms with van der Waals surface area (Å²) < 4.78 is 42.8. The average Bonchev–Trinajstić information content (AvgIpc) is 3.06. The van der Waals surface area contributed by atoms with Crippen LogP contribution in [0.3, 0.4) is 0 Å². The zero-order valence-corrected chi connectivity index (χ0v) is 12.8. The van der Waals surface area contributed by atoms with Gasteiger partial charge in [-0.1, -0.05) is 20.8 Å². The van der Waals surface area contributed by atoms with Crippen LogP contribution in [0.25, 0.3) is 0 Å². The largest absolute Gasteiger partial charge is 0.465 e. The van der Waals surface area contributed by atoms with Gasteiger partial charge in [0.25, 0.3) is 0 Å². The van der Waals surface area contributed by atoms with Gasteiger partial charge in [-0.25, -0.2) is 0 Å². The van der Waals surface area contributed by atoms with Crippen LogP contribution in [-0.2, 0) is 14.3 Å². The molecule has 1 fully saturated rings. The Morgan fingerprint density at radius 2 is 1.76 bits per heavy atom. The summed E-state index contributed by atoms with van der Waals surface area (Å²) in [5.74, 6) is -2.77. The van der Waals surface area contributed by atoms with Crippen molar-refractivity contribution < 1.29 is 27.5 Å². The summed E-state index contributed by atoms with van der Waals surface area (Å²) in [6.45, 7) is 5.29. The van der Waals surface area contributed by atoms with E-state index in [4.69, 9.17) is 4.74 Å². The van der Waals surface area contributed by atoms with Crippen molar-refractivity contribution in [1.82, 2.24) is 4.90 Å². The first-order valence-electron chi connectivity index (χ1n) is 7.01. The lowest BCUT2D eigenvalue weighted by atomic mass is 9.79.